The van der Waals surface area contributed by atoms with Crippen LogP contribution in [0.25, 0.3) is 22.4 Å². The zero-order valence-corrected chi connectivity index (χ0v) is 11.2. The minimum absolute atomic E-state index is 0.227. The van der Waals surface area contributed by atoms with Crippen LogP contribution in [0.3, 0.4) is 0 Å². The van der Waals surface area contributed by atoms with Crippen molar-refractivity contribution in [2.24, 2.45) is 0 Å². The smallest absolute Gasteiger partial charge is 0.358 e. The van der Waals surface area contributed by atoms with Crippen LogP contribution in [-0.4, -0.2) is 28.0 Å². The molecule has 3 aromatic rings. The number of ether oxygens (including phenoxy) is 1. The Bertz CT molecular complexity index is 793. The van der Waals surface area contributed by atoms with Crippen LogP contribution in [0.1, 0.15) is 16.1 Å². The lowest BCUT2D eigenvalue weighted by atomic mass is 10.1. The number of aromatic nitrogens is 3. The molecule has 0 spiro atoms. The Hall–Kier alpha value is -2.69. The minimum atomic E-state index is -0.489. The fourth-order valence-corrected chi connectivity index (χ4v) is 2.10. The fraction of sp³-hybridized carbons (Fsp3) is 0.133. The molecule has 100 valence electrons. The predicted molar refractivity (Wildman–Crippen MR) is 75.4 cm³/mol. The van der Waals surface area contributed by atoms with Gasteiger partial charge in [-0.05, 0) is 19.1 Å². The molecule has 1 N–H and O–H groups in total. The number of nitrogens with one attached hydrogen (secondary N) is 1. The molecule has 0 fully saturated rings. The Morgan fingerprint density at radius 3 is 2.85 bits per heavy atom. The number of carbonyl (C=O) groups is 1. The van der Waals surface area contributed by atoms with Crippen molar-refractivity contribution in [3.63, 3.8) is 0 Å². The number of fused-ring (bicyclic) bond motifs is 1. The van der Waals surface area contributed by atoms with Crippen molar-refractivity contribution in [1.29, 1.82) is 0 Å². The average molecular weight is 267 g/mol. The van der Waals surface area contributed by atoms with Gasteiger partial charge in [-0.3, -0.25) is 0 Å². The van der Waals surface area contributed by atoms with E-state index in [0.717, 1.165) is 11.1 Å². The minimum Gasteiger partial charge on any atom is -0.464 e. The van der Waals surface area contributed by atoms with Crippen LogP contribution in [0.15, 0.2) is 36.5 Å². The Morgan fingerprint density at radius 2 is 2.10 bits per heavy atom. The van der Waals surface area contributed by atoms with Crippen LogP contribution in [0.5, 0.6) is 0 Å². The standard InChI is InChI=1S/C15H13N3O2/c1-9-4-3-5-10(8-9)12-13(15(19)20-2)17-11-6-7-16-14(11)18-12/h3-8H,1-2H3,(H,16,18). The van der Waals surface area contributed by atoms with E-state index in [1.54, 1.807) is 12.3 Å². The third-order valence-electron chi connectivity index (χ3n) is 3.05. The van der Waals surface area contributed by atoms with Crippen LogP contribution in [-0.2, 0) is 4.74 Å². The summed E-state index contributed by atoms with van der Waals surface area (Å²) in [5, 5.41) is 0. The van der Waals surface area contributed by atoms with E-state index in [9.17, 15) is 4.79 Å². The van der Waals surface area contributed by atoms with E-state index in [2.05, 4.69) is 15.0 Å². The SMILES string of the molecule is COC(=O)c1nc2cc[nH]c2nc1-c1cccc(C)c1. The maximum atomic E-state index is 11.9. The maximum absolute atomic E-state index is 11.9. The normalized spacial score (nSPS) is 10.7. The molecule has 0 aliphatic heterocycles. The Balaban J connectivity index is 2.28. The molecule has 2 heterocycles. The fourth-order valence-electron chi connectivity index (χ4n) is 2.10. The Labute approximate surface area is 115 Å². The lowest BCUT2D eigenvalue weighted by Crippen LogP contribution is -2.08. The van der Waals surface area contributed by atoms with Gasteiger partial charge in [0.25, 0.3) is 0 Å². The van der Waals surface area contributed by atoms with Gasteiger partial charge >= 0.3 is 5.97 Å². The van der Waals surface area contributed by atoms with E-state index in [1.807, 2.05) is 31.2 Å². The molecular formula is C15H13N3O2. The molecule has 5 heteroatoms. The summed E-state index contributed by atoms with van der Waals surface area (Å²) in [4.78, 5) is 23.8. The van der Waals surface area contributed by atoms with Crippen molar-refractivity contribution in [1.82, 2.24) is 15.0 Å². The van der Waals surface area contributed by atoms with E-state index in [-0.39, 0.29) is 5.69 Å². The lowest BCUT2D eigenvalue weighted by Gasteiger charge is -2.07. The van der Waals surface area contributed by atoms with Gasteiger partial charge in [0.15, 0.2) is 11.3 Å². The van der Waals surface area contributed by atoms with Crippen LogP contribution in [0.4, 0.5) is 0 Å². The number of hydrogen-bond acceptors (Lipinski definition) is 4. The molecule has 0 atom stereocenters. The van der Waals surface area contributed by atoms with Crippen LogP contribution in [0.2, 0.25) is 0 Å². The molecule has 5 nitrogen and oxygen atoms in total. The molecule has 0 saturated heterocycles. The molecule has 1 aromatic carbocycles. The number of nitrogens with zero attached hydrogens (tertiary/aromatic N) is 2. The average Bonchev–Trinajstić information content (AvgIpc) is 2.92. The van der Waals surface area contributed by atoms with E-state index in [0.29, 0.717) is 16.9 Å². The summed E-state index contributed by atoms with van der Waals surface area (Å²) < 4.78 is 4.80. The van der Waals surface area contributed by atoms with Gasteiger partial charge in [0.2, 0.25) is 0 Å². The van der Waals surface area contributed by atoms with Crippen molar-refractivity contribution < 1.29 is 9.53 Å². The highest BCUT2D eigenvalue weighted by Crippen LogP contribution is 2.24. The second-order valence-corrected chi connectivity index (χ2v) is 4.49. The first-order chi connectivity index (χ1) is 9.69. The second-order valence-electron chi connectivity index (χ2n) is 4.49. The molecule has 3 rings (SSSR count). The third-order valence-corrected chi connectivity index (χ3v) is 3.05. The number of H-pyrrole nitrogens is 1. The second kappa shape index (κ2) is 4.77. The molecule has 0 aliphatic rings. The van der Waals surface area contributed by atoms with Crippen LogP contribution < -0.4 is 0 Å². The number of hydrogen-bond donors (Lipinski definition) is 1. The number of aryl methyl sites for hydroxylation is 1. The molecule has 0 aliphatic carbocycles. The first-order valence-corrected chi connectivity index (χ1v) is 6.19. The summed E-state index contributed by atoms with van der Waals surface area (Å²) >= 11 is 0. The molecule has 0 unspecified atom stereocenters. The van der Waals surface area contributed by atoms with E-state index >= 15 is 0 Å². The van der Waals surface area contributed by atoms with Gasteiger partial charge in [0, 0.05) is 11.8 Å². The van der Waals surface area contributed by atoms with Gasteiger partial charge in [0.1, 0.15) is 11.2 Å². The number of aromatic amines is 1. The quantitative estimate of drug-likeness (QED) is 0.725. The zero-order chi connectivity index (χ0) is 14.1. The molecular weight excluding hydrogens is 254 g/mol. The zero-order valence-electron chi connectivity index (χ0n) is 11.2. The third kappa shape index (κ3) is 2.03. The molecule has 0 bridgehead atoms. The number of methoxy groups -OCH3 is 1. The highest BCUT2D eigenvalue weighted by atomic mass is 16.5. The Morgan fingerprint density at radius 1 is 1.25 bits per heavy atom. The van der Waals surface area contributed by atoms with Gasteiger partial charge in [-0.1, -0.05) is 23.8 Å². The largest absolute Gasteiger partial charge is 0.464 e. The first kappa shape index (κ1) is 12.3. The van der Waals surface area contributed by atoms with E-state index in [1.165, 1.54) is 7.11 Å². The Kier molecular flexibility index (Phi) is 2.95. The van der Waals surface area contributed by atoms with Crippen molar-refractivity contribution in [2.45, 2.75) is 6.92 Å². The highest BCUT2D eigenvalue weighted by Gasteiger charge is 2.18. The highest BCUT2D eigenvalue weighted by molar-refractivity contribution is 5.96. The van der Waals surface area contributed by atoms with Crippen molar-refractivity contribution >= 4 is 17.1 Å². The van der Waals surface area contributed by atoms with Gasteiger partial charge < -0.3 is 9.72 Å². The lowest BCUT2D eigenvalue weighted by molar-refractivity contribution is 0.0595. The summed E-state index contributed by atoms with van der Waals surface area (Å²) in [5.74, 6) is -0.489. The molecule has 2 aromatic heterocycles. The first-order valence-electron chi connectivity index (χ1n) is 6.19. The van der Waals surface area contributed by atoms with Crippen LogP contribution in [0, 0.1) is 6.92 Å². The number of benzene rings is 1. The van der Waals surface area contributed by atoms with E-state index < -0.39 is 5.97 Å². The topological polar surface area (TPSA) is 67.9 Å². The number of rotatable bonds is 2. The summed E-state index contributed by atoms with van der Waals surface area (Å²) in [6, 6.07) is 9.55. The maximum Gasteiger partial charge on any atom is 0.358 e. The molecule has 0 saturated carbocycles. The summed E-state index contributed by atoms with van der Waals surface area (Å²) in [7, 11) is 1.34. The summed E-state index contributed by atoms with van der Waals surface area (Å²) in [6.07, 6.45) is 1.74. The predicted octanol–water partition coefficient (Wildman–Crippen LogP) is 2.72. The van der Waals surface area contributed by atoms with Crippen LogP contribution >= 0.6 is 0 Å². The summed E-state index contributed by atoms with van der Waals surface area (Å²) in [5.41, 5.74) is 3.97. The molecule has 0 radical (unpaired) electrons. The van der Waals surface area contributed by atoms with Gasteiger partial charge in [-0.25, -0.2) is 14.8 Å². The van der Waals surface area contributed by atoms with Gasteiger partial charge in [-0.15, -0.1) is 0 Å². The number of carbonyl (C=O) groups excluding carboxylic acids is 1. The van der Waals surface area contributed by atoms with E-state index in [4.69, 9.17) is 4.74 Å². The monoisotopic (exact) mass is 267 g/mol. The van der Waals surface area contributed by atoms with Gasteiger partial charge in [-0.2, -0.15) is 0 Å². The van der Waals surface area contributed by atoms with Crippen molar-refractivity contribution in [3.05, 3.63) is 47.8 Å². The van der Waals surface area contributed by atoms with Crippen molar-refractivity contribution in [2.75, 3.05) is 7.11 Å². The summed E-state index contributed by atoms with van der Waals surface area (Å²) in [6.45, 7) is 1.99. The number of esters is 1. The van der Waals surface area contributed by atoms with Gasteiger partial charge in [0.05, 0.1) is 7.11 Å². The van der Waals surface area contributed by atoms with Crippen molar-refractivity contribution in [3.8, 4) is 11.3 Å². The molecule has 0 amide bonds. The molecule has 20 heavy (non-hydrogen) atoms.